The Kier molecular flexibility index (Phi) is 3.79. The molecule has 1 unspecified atom stereocenters. The first-order chi connectivity index (χ1) is 9.96. The first-order valence-corrected chi connectivity index (χ1v) is 8.85. The maximum Gasteiger partial charge on any atom is 0.219 e. The predicted molar refractivity (Wildman–Crippen MR) is 77.4 cm³/mol. The maximum atomic E-state index is 12.7. The van der Waals surface area contributed by atoms with Gasteiger partial charge in [-0.15, -0.1) is 0 Å². The lowest BCUT2D eigenvalue weighted by atomic mass is 9.85. The summed E-state index contributed by atoms with van der Waals surface area (Å²) in [4.78, 5) is 4.34. The summed E-state index contributed by atoms with van der Waals surface area (Å²) in [5, 5.41) is 4.31. The van der Waals surface area contributed by atoms with Crippen LogP contribution in [0.1, 0.15) is 37.3 Å². The van der Waals surface area contributed by atoms with Crippen molar-refractivity contribution in [2.45, 2.75) is 56.4 Å². The molecule has 0 amide bonds. The summed E-state index contributed by atoms with van der Waals surface area (Å²) in [6, 6.07) is -0.113. The number of aromatic nitrogens is 3. The zero-order valence-electron chi connectivity index (χ0n) is 12.5. The SMILES string of the molecule is COCC1(S(=O)(=O)NC2CCc3nc(C)nn3C2)CCC1. The minimum atomic E-state index is -3.38. The lowest BCUT2D eigenvalue weighted by Crippen LogP contribution is -2.57. The van der Waals surface area contributed by atoms with E-state index in [-0.39, 0.29) is 12.6 Å². The molecule has 1 aliphatic carbocycles. The Labute approximate surface area is 125 Å². The minimum Gasteiger partial charge on any atom is -0.383 e. The van der Waals surface area contributed by atoms with E-state index in [1.54, 1.807) is 7.11 Å². The van der Waals surface area contributed by atoms with Gasteiger partial charge in [-0.25, -0.2) is 22.8 Å². The third kappa shape index (κ3) is 2.60. The van der Waals surface area contributed by atoms with E-state index in [4.69, 9.17) is 4.74 Å². The summed E-state index contributed by atoms with van der Waals surface area (Å²) in [5.41, 5.74) is 0. The van der Waals surface area contributed by atoms with Crippen molar-refractivity contribution >= 4 is 10.0 Å². The Balaban J connectivity index is 1.72. The van der Waals surface area contributed by atoms with Crippen molar-refractivity contribution in [2.75, 3.05) is 13.7 Å². The van der Waals surface area contributed by atoms with Gasteiger partial charge < -0.3 is 4.74 Å². The van der Waals surface area contributed by atoms with E-state index in [1.807, 2.05) is 11.6 Å². The highest BCUT2D eigenvalue weighted by molar-refractivity contribution is 7.91. The van der Waals surface area contributed by atoms with Gasteiger partial charge in [0.05, 0.1) is 13.2 Å². The van der Waals surface area contributed by atoms with Gasteiger partial charge in [0.1, 0.15) is 16.4 Å². The van der Waals surface area contributed by atoms with Gasteiger partial charge in [-0.2, -0.15) is 5.10 Å². The number of hydrogen-bond donors (Lipinski definition) is 1. The maximum absolute atomic E-state index is 12.7. The van der Waals surface area contributed by atoms with E-state index in [9.17, 15) is 8.42 Å². The number of nitrogens with one attached hydrogen (secondary N) is 1. The fourth-order valence-electron chi connectivity index (χ4n) is 3.20. The van der Waals surface area contributed by atoms with Crippen molar-refractivity contribution in [2.24, 2.45) is 0 Å². The molecule has 0 radical (unpaired) electrons. The van der Waals surface area contributed by atoms with Gasteiger partial charge in [0.15, 0.2) is 0 Å². The Morgan fingerprint density at radius 3 is 2.86 bits per heavy atom. The zero-order chi connectivity index (χ0) is 15.1. The Bertz CT molecular complexity index is 621. The molecule has 1 aromatic rings. The number of ether oxygens (including phenoxy) is 1. The van der Waals surface area contributed by atoms with E-state index in [1.165, 1.54) is 0 Å². The molecule has 0 saturated heterocycles. The highest BCUT2D eigenvalue weighted by Crippen LogP contribution is 2.39. The zero-order valence-corrected chi connectivity index (χ0v) is 13.3. The van der Waals surface area contributed by atoms with Gasteiger partial charge in [-0.1, -0.05) is 6.42 Å². The highest BCUT2D eigenvalue weighted by Gasteiger charge is 2.49. The fourth-order valence-corrected chi connectivity index (χ4v) is 5.18. The van der Waals surface area contributed by atoms with E-state index < -0.39 is 14.8 Å². The van der Waals surface area contributed by atoms with Crippen LogP contribution in [-0.2, 0) is 27.7 Å². The van der Waals surface area contributed by atoms with Gasteiger partial charge in [0.25, 0.3) is 0 Å². The number of rotatable bonds is 5. The van der Waals surface area contributed by atoms with Crippen LogP contribution in [0, 0.1) is 6.92 Å². The largest absolute Gasteiger partial charge is 0.383 e. The van der Waals surface area contributed by atoms with E-state index >= 15 is 0 Å². The fraction of sp³-hybridized carbons (Fsp3) is 0.846. The molecule has 3 rings (SSSR count). The van der Waals surface area contributed by atoms with Crippen LogP contribution in [0.2, 0.25) is 0 Å². The van der Waals surface area contributed by atoms with Gasteiger partial charge >= 0.3 is 0 Å². The van der Waals surface area contributed by atoms with Crippen molar-refractivity contribution in [3.63, 3.8) is 0 Å². The molecule has 1 atom stereocenters. The van der Waals surface area contributed by atoms with Crippen molar-refractivity contribution in [3.8, 4) is 0 Å². The number of nitrogens with zero attached hydrogens (tertiary/aromatic N) is 3. The molecule has 21 heavy (non-hydrogen) atoms. The molecule has 1 saturated carbocycles. The van der Waals surface area contributed by atoms with Gasteiger partial charge in [0.2, 0.25) is 10.0 Å². The van der Waals surface area contributed by atoms with E-state index in [0.29, 0.717) is 19.4 Å². The van der Waals surface area contributed by atoms with Crippen LogP contribution >= 0.6 is 0 Å². The van der Waals surface area contributed by atoms with Crippen LogP contribution in [0.5, 0.6) is 0 Å². The lowest BCUT2D eigenvalue weighted by molar-refractivity contribution is 0.125. The highest BCUT2D eigenvalue weighted by atomic mass is 32.2. The van der Waals surface area contributed by atoms with Crippen LogP contribution in [0.3, 0.4) is 0 Å². The third-order valence-electron chi connectivity index (χ3n) is 4.53. The molecule has 0 bridgehead atoms. The molecule has 0 spiro atoms. The Morgan fingerprint density at radius 2 is 2.24 bits per heavy atom. The lowest BCUT2D eigenvalue weighted by Gasteiger charge is -2.41. The number of sulfonamides is 1. The number of fused-ring (bicyclic) bond motifs is 1. The molecular weight excluding hydrogens is 292 g/mol. The predicted octanol–water partition coefficient (Wildman–Crippen LogP) is 0.390. The summed E-state index contributed by atoms with van der Waals surface area (Å²) < 4.78 is 34.4. The molecule has 2 aliphatic rings. The first kappa shape index (κ1) is 14.9. The molecule has 1 aliphatic heterocycles. The third-order valence-corrected chi connectivity index (χ3v) is 6.84. The van der Waals surface area contributed by atoms with Crippen molar-refractivity contribution in [3.05, 3.63) is 11.6 Å². The Morgan fingerprint density at radius 1 is 1.48 bits per heavy atom. The van der Waals surface area contributed by atoms with Crippen LogP contribution in [0.15, 0.2) is 0 Å². The van der Waals surface area contributed by atoms with Crippen molar-refractivity contribution in [1.29, 1.82) is 0 Å². The van der Waals surface area contributed by atoms with Gasteiger partial charge in [-0.3, -0.25) is 0 Å². The Hall–Kier alpha value is -0.990. The molecule has 2 heterocycles. The number of aryl methyl sites for hydroxylation is 2. The van der Waals surface area contributed by atoms with E-state index in [0.717, 1.165) is 30.9 Å². The van der Waals surface area contributed by atoms with Crippen LogP contribution < -0.4 is 4.72 Å². The molecular formula is C13H22N4O3S. The molecule has 1 aromatic heterocycles. The van der Waals surface area contributed by atoms with Crippen LogP contribution in [-0.4, -0.2) is 47.7 Å². The summed E-state index contributed by atoms with van der Waals surface area (Å²) >= 11 is 0. The summed E-state index contributed by atoms with van der Waals surface area (Å²) in [5.74, 6) is 1.68. The first-order valence-electron chi connectivity index (χ1n) is 7.37. The van der Waals surface area contributed by atoms with Gasteiger partial charge in [0, 0.05) is 19.6 Å². The average Bonchev–Trinajstić information content (AvgIpc) is 2.72. The average molecular weight is 314 g/mol. The quantitative estimate of drug-likeness (QED) is 0.849. The second-order valence-corrected chi connectivity index (χ2v) is 8.19. The van der Waals surface area contributed by atoms with E-state index in [2.05, 4.69) is 14.8 Å². The molecule has 118 valence electrons. The van der Waals surface area contributed by atoms with Crippen LogP contribution in [0.4, 0.5) is 0 Å². The summed E-state index contributed by atoms with van der Waals surface area (Å²) in [6.45, 7) is 2.67. The van der Waals surface area contributed by atoms with Crippen molar-refractivity contribution < 1.29 is 13.2 Å². The second kappa shape index (κ2) is 5.33. The number of hydrogen-bond acceptors (Lipinski definition) is 5. The normalized spacial score (nSPS) is 24.4. The number of methoxy groups -OCH3 is 1. The summed E-state index contributed by atoms with van der Waals surface area (Å²) in [6.07, 6.45) is 3.82. The summed E-state index contributed by atoms with van der Waals surface area (Å²) in [7, 11) is -1.82. The molecule has 7 nitrogen and oxygen atoms in total. The monoisotopic (exact) mass is 314 g/mol. The molecule has 1 fully saturated rings. The molecule has 0 aromatic carbocycles. The standard InChI is InChI=1S/C13H22N4O3S/c1-10-14-12-5-4-11(8-17(12)15-10)16-21(18,19)13(9-20-2)6-3-7-13/h11,16H,3-9H2,1-2H3. The minimum absolute atomic E-state index is 0.113. The van der Waals surface area contributed by atoms with Gasteiger partial charge in [-0.05, 0) is 26.2 Å². The van der Waals surface area contributed by atoms with Crippen molar-refractivity contribution in [1.82, 2.24) is 19.5 Å². The molecule has 8 heteroatoms. The molecule has 1 N–H and O–H groups in total. The second-order valence-electron chi connectivity index (χ2n) is 6.08. The smallest absolute Gasteiger partial charge is 0.219 e. The topological polar surface area (TPSA) is 86.1 Å². The van der Waals surface area contributed by atoms with Crippen LogP contribution in [0.25, 0.3) is 0 Å².